The van der Waals surface area contributed by atoms with E-state index < -0.39 is 43.2 Å². The summed E-state index contributed by atoms with van der Waals surface area (Å²) in [5.41, 5.74) is 4.81. The third-order valence-corrected chi connectivity index (χ3v) is 6.34. The van der Waals surface area contributed by atoms with E-state index in [4.69, 9.17) is 9.84 Å². The van der Waals surface area contributed by atoms with Gasteiger partial charge in [-0.15, -0.1) is 0 Å². The van der Waals surface area contributed by atoms with Gasteiger partial charge in [-0.2, -0.15) is 0 Å². The van der Waals surface area contributed by atoms with Crippen molar-refractivity contribution in [3.63, 3.8) is 0 Å². The molecule has 33 heavy (non-hydrogen) atoms. The van der Waals surface area contributed by atoms with E-state index in [2.05, 4.69) is 38.2 Å². The molecule has 1 amide bonds. The van der Waals surface area contributed by atoms with Crippen molar-refractivity contribution in [2.45, 2.75) is 84.5 Å². The fourth-order valence-electron chi connectivity index (χ4n) is 4.35. The first kappa shape index (κ1) is 27.2. The van der Waals surface area contributed by atoms with Crippen molar-refractivity contribution in [2.75, 3.05) is 6.61 Å². The van der Waals surface area contributed by atoms with E-state index >= 15 is 0 Å². The first-order chi connectivity index (χ1) is 15.5. The molecule has 0 aromatic carbocycles. The Bertz CT molecular complexity index is 851. The van der Waals surface area contributed by atoms with Crippen molar-refractivity contribution in [1.29, 1.82) is 0 Å². The van der Waals surface area contributed by atoms with Gasteiger partial charge in [-0.25, -0.2) is 0 Å². The zero-order chi connectivity index (χ0) is 24.8. The second-order valence-corrected chi connectivity index (χ2v) is 9.69. The average molecular weight is 462 g/mol. The highest BCUT2D eigenvalue weighted by molar-refractivity contribution is 5.88. The Morgan fingerprint density at radius 3 is 2.48 bits per heavy atom. The predicted octanol–water partition coefficient (Wildman–Crippen LogP) is 2.43. The van der Waals surface area contributed by atoms with Gasteiger partial charge in [0.05, 0.1) is 6.61 Å². The van der Waals surface area contributed by atoms with Crippen LogP contribution in [0.15, 0.2) is 58.7 Å². The van der Waals surface area contributed by atoms with Crippen LogP contribution >= 0.6 is 0 Å². The summed E-state index contributed by atoms with van der Waals surface area (Å²) < 4.78 is 5.04. The molecule has 1 unspecified atom stereocenters. The van der Waals surface area contributed by atoms with Gasteiger partial charge in [0.15, 0.2) is 6.29 Å². The van der Waals surface area contributed by atoms with Gasteiger partial charge in [0.1, 0.15) is 24.4 Å². The Hall–Kier alpha value is -2.03. The summed E-state index contributed by atoms with van der Waals surface area (Å²) in [7, 11) is 0. The lowest BCUT2D eigenvalue weighted by molar-refractivity contribution is -0.253. The lowest BCUT2D eigenvalue weighted by Gasteiger charge is -2.40. The number of rotatable bonds is 7. The number of carbonyl (C=O) groups excluding carboxylic acids is 1. The van der Waals surface area contributed by atoms with Crippen LogP contribution in [0.3, 0.4) is 0 Å². The average Bonchev–Trinajstić information content (AvgIpc) is 2.72. The molecule has 2 aliphatic rings. The third kappa shape index (κ3) is 7.48. The summed E-state index contributed by atoms with van der Waals surface area (Å²) >= 11 is 0. The molecule has 7 nitrogen and oxygen atoms in total. The normalized spacial score (nSPS) is 31.5. The molecule has 0 saturated carbocycles. The van der Waals surface area contributed by atoms with Crippen LogP contribution in [0.4, 0.5) is 0 Å². The second-order valence-electron chi connectivity index (χ2n) is 9.69. The quantitative estimate of drug-likeness (QED) is 0.293. The van der Waals surface area contributed by atoms with E-state index in [0.29, 0.717) is 5.57 Å². The Kier molecular flexibility index (Phi) is 9.82. The number of allylic oxidation sites excluding steroid dienone is 9. The maximum Gasteiger partial charge on any atom is 0.244 e. The molecule has 0 spiro atoms. The highest BCUT2D eigenvalue weighted by atomic mass is 16.6. The SMILES string of the molecule is CC1=C(/C=C/C(C)=C/C=C/C(C)=C/C(=O)NC2[C@H](O)O[C@@H](CO)[C@H](O)[C@H]2O)C(C)(C)CCC1. The predicted molar refractivity (Wildman–Crippen MR) is 128 cm³/mol. The molecule has 5 atom stereocenters. The fourth-order valence-corrected chi connectivity index (χ4v) is 4.35. The molecule has 184 valence electrons. The maximum atomic E-state index is 12.3. The minimum Gasteiger partial charge on any atom is -0.394 e. The van der Waals surface area contributed by atoms with E-state index in [1.54, 1.807) is 13.0 Å². The molecule has 0 bridgehead atoms. The van der Waals surface area contributed by atoms with Crippen LogP contribution < -0.4 is 5.32 Å². The van der Waals surface area contributed by atoms with Gasteiger partial charge in [0.2, 0.25) is 5.91 Å². The molecular formula is C26H39NO6. The molecule has 2 rings (SSSR count). The van der Waals surface area contributed by atoms with Gasteiger partial charge in [-0.1, -0.05) is 55.4 Å². The zero-order valence-corrected chi connectivity index (χ0v) is 20.3. The molecule has 1 heterocycles. The highest BCUT2D eigenvalue weighted by Crippen LogP contribution is 2.40. The number of ether oxygens (including phenoxy) is 1. The molecule has 1 fully saturated rings. The Morgan fingerprint density at radius 2 is 1.85 bits per heavy atom. The number of aliphatic hydroxyl groups is 4. The summed E-state index contributed by atoms with van der Waals surface area (Å²) in [4.78, 5) is 12.3. The van der Waals surface area contributed by atoms with Crippen molar-refractivity contribution >= 4 is 5.91 Å². The minimum atomic E-state index is -1.54. The third-order valence-electron chi connectivity index (χ3n) is 6.34. The number of aliphatic hydroxyl groups excluding tert-OH is 4. The van der Waals surface area contributed by atoms with E-state index in [0.717, 1.165) is 12.0 Å². The van der Waals surface area contributed by atoms with Gasteiger partial charge in [-0.3, -0.25) is 4.79 Å². The minimum absolute atomic E-state index is 0.196. The zero-order valence-electron chi connectivity index (χ0n) is 20.3. The van der Waals surface area contributed by atoms with Crippen molar-refractivity contribution < 1.29 is 30.0 Å². The van der Waals surface area contributed by atoms with Crippen LogP contribution in [0.25, 0.3) is 0 Å². The van der Waals surface area contributed by atoms with Crippen molar-refractivity contribution in [3.05, 3.63) is 58.7 Å². The molecule has 1 saturated heterocycles. The molecule has 0 radical (unpaired) electrons. The van der Waals surface area contributed by atoms with Crippen LogP contribution in [-0.4, -0.2) is 63.6 Å². The molecule has 0 aromatic heterocycles. The van der Waals surface area contributed by atoms with Crippen LogP contribution in [0.2, 0.25) is 0 Å². The van der Waals surface area contributed by atoms with Crippen LogP contribution in [0.5, 0.6) is 0 Å². The topological polar surface area (TPSA) is 119 Å². The fraction of sp³-hybridized carbons (Fsp3) is 0.577. The monoisotopic (exact) mass is 461 g/mol. The number of hydrogen-bond acceptors (Lipinski definition) is 6. The van der Waals surface area contributed by atoms with Crippen LogP contribution in [0.1, 0.15) is 53.9 Å². The van der Waals surface area contributed by atoms with E-state index in [-0.39, 0.29) is 5.41 Å². The smallest absolute Gasteiger partial charge is 0.244 e. The van der Waals surface area contributed by atoms with Gasteiger partial charge in [0, 0.05) is 6.08 Å². The Morgan fingerprint density at radius 1 is 1.15 bits per heavy atom. The van der Waals surface area contributed by atoms with Crippen molar-refractivity contribution in [2.24, 2.45) is 5.41 Å². The van der Waals surface area contributed by atoms with Gasteiger partial charge < -0.3 is 30.5 Å². The molecule has 5 N–H and O–H groups in total. The molecule has 1 aliphatic heterocycles. The van der Waals surface area contributed by atoms with Gasteiger partial charge >= 0.3 is 0 Å². The van der Waals surface area contributed by atoms with Crippen LogP contribution in [-0.2, 0) is 9.53 Å². The Balaban J connectivity index is 1.96. The largest absolute Gasteiger partial charge is 0.394 e. The summed E-state index contributed by atoms with van der Waals surface area (Å²) in [6.07, 6.45) is 9.30. The highest BCUT2D eigenvalue weighted by Gasteiger charge is 2.44. The first-order valence-corrected chi connectivity index (χ1v) is 11.5. The molecule has 1 aliphatic carbocycles. The first-order valence-electron chi connectivity index (χ1n) is 11.5. The number of nitrogens with one attached hydrogen (secondary N) is 1. The van der Waals surface area contributed by atoms with Gasteiger partial charge in [0.25, 0.3) is 0 Å². The number of hydrogen-bond donors (Lipinski definition) is 5. The number of amides is 1. The van der Waals surface area contributed by atoms with Gasteiger partial charge in [-0.05, 0) is 56.6 Å². The Labute approximate surface area is 196 Å². The van der Waals surface area contributed by atoms with Crippen molar-refractivity contribution in [3.8, 4) is 0 Å². The number of carbonyl (C=O) groups is 1. The van der Waals surface area contributed by atoms with Crippen LogP contribution in [0, 0.1) is 5.41 Å². The van der Waals surface area contributed by atoms with E-state index in [1.807, 2.05) is 19.1 Å². The summed E-state index contributed by atoms with van der Waals surface area (Å²) in [5.74, 6) is -0.541. The summed E-state index contributed by atoms with van der Waals surface area (Å²) in [5, 5.41) is 41.6. The molecular weight excluding hydrogens is 422 g/mol. The molecule has 0 aromatic rings. The van der Waals surface area contributed by atoms with E-state index in [1.165, 1.54) is 30.1 Å². The van der Waals surface area contributed by atoms with E-state index in [9.17, 15) is 20.1 Å². The second kappa shape index (κ2) is 11.9. The summed E-state index contributed by atoms with van der Waals surface area (Å²) in [6, 6.07) is -1.21. The summed E-state index contributed by atoms with van der Waals surface area (Å²) in [6.45, 7) is 10.0. The lowest BCUT2D eigenvalue weighted by Crippen LogP contribution is -2.64. The van der Waals surface area contributed by atoms with Crippen molar-refractivity contribution in [1.82, 2.24) is 5.32 Å². The molecule has 7 heteroatoms. The maximum absolute atomic E-state index is 12.3. The lowest BCUT2D eigenvalue weighted by atomic mass is 9.72. The standard InChI is InChI=1S/C26H39NO6/c1-16(11-12-19-18(3)10-7-13-26(19,4)5)8-6-9-17(2)14-21(29)27-22-24(31)23(30)20(15-28)33-25(22)32/h6,8-9,11-12,14,20,22-25,28,30-32H,7,10,13,15H2,1-5H3,(H,27,29)/b9-6+,12-11+,16-8+,17-14+/t20-,22?,23-,24-,25+/m0/s1.